The molecule has 1 nitrogen and oxygen atoms in total. The number of halogens is 1. The Morgan fingerprint density at radius 3 is 2.16 bits per heavy atom. The third kappa shape index (κ3) is 3.53. The van der Waals surface area contributed by atoms with Crippen LogP contribution in [-0.4, -0.2) is 13.1 Å². The first-order valence-corrected chi connectivity index (χ1v) is 8.11. The molecule has 1 aromatic carbocycles. The average molecular weight is 324 g/mol. The summed E-state index contributed by atoms with van der Waals surface area (Å²) in [5, 5.41) is 0. The molecule has 0 saturated carbocycles. The van der Waals surface area contributed by atoms with Crippen molar-refractivity contribution in [2.45, 2.75) is 46.5 Å². The lowest BCUT2D eigenvalue weighted by molar-refractivity contribution is 0.356. The molecule has 0 N–H and O–H groups in total. The van der Waals surface area contributed by atoms with Crippen LogP contribution in [0.2, 0.25) is 0 Å². The molecule has 1 fully saturated rings. The minimum Gasteiger partial charge on any atom is -0.370 e. The van der Waals surface area contributed by atoms with Crippen molar-refractivity contribution >= 4 is 21.6 Å². The van der Waals surface area contributed by atoms with E-state index in [9.17, 15) is 0 Å². The highest BCUT2D eigenvalue weighted by Crippen LogP contribution is 2.35. The van der Waals surface area contributed by atoms with Crippen molar-refractivity contribution in [1.29, 1.82) is 0 Å². The monoisotopic (exact) mass is 323 g/mol. The molecule has 1 aliphatic rings. The summed E-state index contributed by atoms with van der Waals surface area (Å²) in [6.45, 7) is 13.9. The molecule has 2 heteroatoms. The van der Waals surface area contributed by atoms with E-state index in [0.717, 1.165) is 11.8 Å². The standard InChI is InChI=1S/C17H26BrN/c1-12-8-13(2)11-19(10-12)16-7-6-14(9-15(16)18)17(3,4)5/h6-7,9,12-13H,8,10-11H2,1-5H3/t12-,13+. The first-order valence-electron chi connectivity index (χ1n) is 7.32. The maximum absolute atomic E-state index is 3.77. The highest BCUT2D eigenvalue weighted by molar-refractivity contribution is 9.10. The number of anilines is 1. The topological polar surface area (TPSA) is 3.24 Å². The summed E-state index contributed by atoms with van der Waals surface area (Å²) >= 11 is 3.77. The number of piperidine rings is 1. The van der Waals surface area contributed by atoms with Crippen LogP contribution < -0.4 is 4.90 Å². The predicted molar refractivity (Wildman–Crippen MR) is 88.0 cm³/mol. The van der Waals surface area contributed by atoms with Gasteiger partial charge in [-0.05, 0) is 57.3 Å². The Hall–Kier alpha value is -0.500. The van der Waals surface area contributed by atoms with Gasteiger partial charge in [-0.1, -0.05) is 40.7 Å². The molecular formula is C17H26BrN. The molecule has 0 unspecified atom stereocenters. The van der Waals surface area contributed by atoms with Gasteiger partial charge in [-0.3, -0.25) is 0 Å². The first-order chi connectivity index (χ1) is 8.77. The summed E-state index contributed by atoms with van der Waals surface area (Å²) in [7, 11) is 0. The van der Waals surface area contributed by atoms with Crippen molar-refractivity contribution < 1.29 is 0 Å². The summed E-state index contributed by atoms with van der Waals surface area (Å²) in [5.41, 5.74) is 2.96. The molecule has 2 rings (SSSR count). The maximum Gasteiger partial charge on any atom is 0.0511 e. The van der Waals surface area contributed by atoms with Crippen LogP contribution in [0.25, 0.3) is 0 Å². The van der Waals surface area contributed by atoms with E-state index in [1.165, 1.54) is 35.2 Å². The Morgan fingerprint density at radius 2 is 1.68 bits per heavy atom. The number of hydrogen-bond acceptors (Lipinski definition) is 1. The van der Waals surface area contributed by atoms with E-state index in [2.05, 4.69) is 73.6 Å². The number of benzene rings is 1. The summed E-state index contributed by atoms with van der Waals surface area (Å²) in [4.78, 5) is 2.54. The lowest BCUT2D eigenvalue weighted by Gasteiger charge is -2.37. The molecule has 0 amide bonds. The van der Waals surface area contributed by atoms with E-state index in [1.54, 1.807) is 0 Å². The molecule has 0 aliphatic carbocycles. The van der Waals surface area contributed by atoms with Crippen molar-refractivity contribution in [2.24, 2.45) is 11.8 Å². The van der Waals surface area contributed by atoms with Crippen LogP contribution in [0, 0.1) is 11.8 Å². The Morgan fingerprint density at radius 1 is 1.11 bits per heavy atom. The van der Waals surface area contributed by atoms with Gasteiger partial charge in [0.25, 0.3) is 0 Å². The minimum atomic E-state index is 0.212. The smallest absolute Gasteiger partial charge is 0.0511 e. The van der Waals surface area contributed by atoms with Crippen molar-refractivity contribution in [1.82, 2.24) is 0 Å². The zero-order chi connectivity index (χ0) is 14.2. The largest absolute Gasteiger partial charge is 0.370 e. The molecule has 106 valence electrons. The third-order valence-electron chi connectivity index (χ3n) is 4.02. The summed E-state index contributed by atoms with van der Waals surface area (Å²) in [5.74, 6) is 1.58. The van der Waals surface area contributed by atoms with E-state index in [1.807, 2.05) is 0 Å². The van der Waals surface area contributed by atoms with Crippen LogP contribution in [0.15, 0.2) is 22.7 Å². The number of rotatable bonds is 1. The minimum absolute atomic E-state index is 0.212. The van der Waals surface area contributed by atoms with Gasteiger partial charge in [-0.2, -0.15) is 0 Å². The van der Waals surface area contributed by atoms with Gasteiger partial charge in [0.2, 0.25) is 0 Å². The van der Waals surface area contributed by atoms with Crippen molar-refractivity contribution in [3.63, 3.8) is 0 Å². The fraction of sp³-hybridized carbons (Fsp3) is 0.647. The second kappa shape index (κ2) is 5.47. The fourth-order valence-electron chi connectivity index (χ4n) is 3.09. The zero-order valence-corrected chi connectivity index (χ0v) is 14.4. The lowest BCUT2D eigenvalue weighted by atomic mass is 9.86. The average Bonchev–Trinajstić information content (AvgIpc) is 2.26. The van der Waals surface area contributed by atoms with E-state index < -0.39 is 0 Å². The Kier molecular flexibility index (Phi) is 4.29. The van der Waals surface area contributed by atoms with Crippen LogP contribution in [0.1, 0.15) is 46.6 Å². The molecular weight excluding hydrogens is 298 g/mol. The molecule has 1 aromatic rings. The van der Waals surface area contributed by atoms with Crippen LogP contribution in [-0.2, 0) is 5.41 Å². The fourth-order valence-corrected chi connectivity index (χ4v) is 3.72. The molecule has 2 atom stereocenters. The zero-order valence-electron chi connectivity index (χ0n) is 12.8. The molecule has 0 spiro atoms. The Balaban J connectivity index is 2.26. The summed E-state index contributed by atoms with van der Waals surface area (Å²) < 4.78 is 1.24. The van der Waals surface area contributed by atoms with Gasteiger partial charge in [-0.25, -0.2) is 0 Å². The Labute approximate surface area is 126 Å². The normalized spacial score (nSPS) is 24.6. The molecule has 0 aromatic heterocycles. The SMILES string of the molecule is C[C@@H]1C[C@H](C)CN(c2ccc(C(C)(C)C)cc2Br)C1. The van der Waals surface area contributed by atoms with Crippen LogP contribution in [0.5, 0.6) is 0 Å². The molecule has 0 bridgehead atoms. The second-order valence-electron chi connectivity index (χ2n) is 7.27. The van der Waals surface area contributed by atoms with Gasteiger partial charge in [0.05, 0.1) is 5.69 Å². The summed E-state index contributed by atoms with van der Waals surface area (Å²) in [6, 6.07) is 6.86. The highest BCUT2D eigenvalue weighted by Gasteiger charge is 2.24. The first kappa shape index (κ1) is 14.9. The van der Waals surface area contributed by atoms with Crippen LogP contribution >= 0.6 is 15.9 Å². The van der Waals surface area contributed by atoms with Gasteiger partial charge in [0.15, 0.2) is 0 Å². The van der Waals surface area contributed by atoms with Gasteiger partial charge in [0.1, 0.15) is 0 Å². The molecule has 1 aliphatic heterocycles. The maximum atomic E-state index is 3.77. The molecule has 0 radical (unpaired) electrons. The second-order valence-corrected chi connectivity index (χ2v) is 8.12. The number of nitrogens with zero attached hydrogens (tertiary/aromatic N) is 1. The summed E-state index contributed by atoms with van der Waals surface area (Å²) in [6.07, 6.45) is 1.36. The van der Waals surface area contributed by atoms with E-state index in [4.69, 9.17) is 0 Å². The lowest BCUT2D eigenvalue weighted by Crippen LogP contribution is -2.38. The van der Waals surface area contributed by atoms with Crippen LogP contribution in [0.3, 0.4) is 0 Å². The van der Waals surface area contributed by atoms with Crippen molar-refractivity contribution in [2.75, 3.05) is 18.0 Å². The van der Waals surface area contributed by atoms with E-state index >= 15 is 0 Å². The highest BCUT2D eigenvalue weighted by atomic mass is 79.9. The van der Waals surface area contributed by atoms with Crippen molar-refractivity contribution in [3.05, 3.63) is 28.2 Å². The molecule has 19 heavy (non-hydrogen) atoms. The quantitative estimate of drug-likeness (QED) is 0.684. The van der Waals surface area contributed by atoms with Crippen molar-refractivity contribution in [3.8, 4) is 0 Å². The van der Waals surface area contributed by atoms with Gasteiger partial charge in [0, 0.05) is 17.6 Å². The van der Waals surface area contributed by atoms with Crippen LogP contribution in [0.4, 0.5) is 5.69 Å². The molecule has 1 saturated heterocycles. The molecule has 1 heterocycles. The van der Waals surface area contributed by atoms with E-state index in [-0.39, 0.29) is 5.41 Å². The van der Waals surface area contributed by atoms with E-state index in [0.29, 0.717) is 0 Å². The Bertz CT molecular complexity index is 437. The van der Waals surface area contributed by atoms with Gasteiger partial charge >= 0.3 is 0 Å². The van der Waals surface area contributed by atoms with Gasteiger partial charge < -0.3 is 4.90 Å². The van der Waals surface area contributed by atoms with Gasteiger partial charge in [-0.15, -0.1) is 0 Å². The number of hydrogen-bond donors (Lipinski definition) is 0. The third-order valence-corrected chi connectivity index (χ3v) is 4.66. The predicted octanol–water partition coefficient (Wildman–Crippen LogP) is 5.23.